The van der Waals surface area contributed by atoms with Gasteiger partial charge in [0.25, 0.3) is 15.9 Å². The van der Waals surface area contributed by atoms with Gasteiger partial charge in [0, 0.05) is 10.0 Å². The first-order chi connectivity index (χ1) is 18.8. The number of amides is 1. The monoisotopic (exact) mass is 609 g/mol. The summed E-state index contributed by atoms with van der Waals surface area (Å²) < 4.78 is 39.2. The molecule has 0 saturated heterocycles. The van der Waals surface area contributed by atoms with Crippen LogP contribution in [0.15, 0.2) is 110 Å². The Morgan fingerprint density at radius 1 is 0.974 bits per heavy atom. The maximum atomic E-state index is 13.3. The van der Waals surface area contributed by atoms with Gasteiger partial charge in [-0.3, -0.25) is 9.10 Å². The number of nitrogens with one attached hydrogen (secondary N) is 1. The highest BCUT2D eigenvalue weighted by molar-refractivity contribution is 9.10. The van der Waals surface area contributed by atoms with Crippen molar-refractivity contribution >= 4 is 49.7 Å². The number of carbonyl (C=O) groups excluding carboxylic acids is 2. The number of halogens is 1. The molecule has 0 spiro atoms. The van der Waals surface area contributed by atoms with E-state index in [4.69, 9.17) is 9.15 Å². The van der Waals surface area contributed by atoms with Crippen LogP contribution in [0.25, 0.3) is 11.3 Å². The Morgan fingerprint density at radius 2 is 1.67 bits per heavy atom. The summed E-state index contributed by atoms with van der Waals surface area (Å²) in [6.07, 6.45) is 1.31. The highest BCUT2D eigenvalue weighted by Crippen LogP contribution is 2.25. The standard InChI is InChI=1S/C28H24BrN3O6S/c1-2-37-28(34)21-10-8-20(9-11-21)26-17-16-24(38-26)18-30-31-27(33)19-32(23-14-12-22(29)13-15-23)39(35,36)25-6-4-3-5-7-25/h3-18H,2,19H2,1H3,(H,31,33)/b30-18-. The molecule has 0 fully saturated rings. The second kappa shape index (κ2) is 12.5. The van der Waals surface area contributed by atoms with Crippen molar-refractivity contribution in [3.63, 3.8) is 0 Å². The third-order valence-corrected chi connectivity index (χ3v) is 7.74. The van der Waals surface area contributed by atoms with Crippen LogP contribution in [-0.2, 0) is 19.6 Å². The zero-order valence-corrected chi connectivity index (χ0v) is 23.2. The van der Waals surface area contributed by atoms with Crippen molar-refractivity contribution in [3.8, 4) is 11.3 Å². The summed E-state index contributed by atoms with van der Waals surface area (Å²) in [4.78, 5) is 24.6. The van der Waals surface area contributed by atoms with Gasteiger partial charge in [0.2, 0.25) is 0 Å². The van der Waals surface area contributed by atoms with Crippen LogP contribution in [-0.4, -0.2) is 39.7 Å². The maximum absolute atomic E-state index is 13.3. The Hall–Kier alpha value is -4.22. The minimum absolute atomic E-state index is 0.0580. The Kier molecular flexibility index (Phi) is 8.95. The highest BCUT2D eigenvalue weighted by Gasteiger charge is 2.27. The second-order valence-electron chi connectivity index (χ2n) is 8.09. The van der Waals surface area contributed by atoms with Crippen LogP contribution in [0.3, 0.4) is 0 Å². The zero-order chi connectivity index (χ0) is 27.8. The molecular weight excluding hydrogens is 586 g/mol. The van der Waals surface area contributed by atoms with Crippen LogP contribution >= 0.6 is 15.9 Å². The normalized spacial score (nSPS) is 11.3. The maximum Gasteiger partial charge on any atom is 0.338 e. The van der Waals surface area contributed by atoms with Gasteiger partial charge in [-0.2, -0.15) is 5.10 Å². The summed E-state index contributed by atoms with van der Waals surface area (Å²) >= 11 is 3.33. The van der Waals surface area contributed by atoms with Gasteiger partial charge >= 0.3 is 5.97 Å². The van der Waals surface area contributed by atoms with E-state index in [-0.39, 0.29) is 4.90 Å². The fourth-order valence-corrected chi connectivity index (χ4v) is 5.24. The van der Waals surface area contributed by atoms with Crippen LogP contribution in [0, 0.1) is 0 Å². The van der Waals surface area contributed by atoms with Crippen LogP contribution < -0.4 is 9.73 Å². The van der Waals surface area contributed by atoms with Crippen LogP contribution in [0.4, 0.5) is 5.69 Å². The molecule has 4 rings (SSSR count). The Balaban J connectivity index is 1.44. The number of furan rings is 1. The number of rotatable bonds is 10. The van der Waals surface area contributed by atoms with Gasteiger partial charge in [-0.05, 0) is 67.6 Å². The van der Waals surface area contributed by atoms with Crippen molar-refractivity contribution in [2.45, 2.75) is 11.8 Å². The number of hydrazone groups is 1. The van der Waals surface area contributed by atoms with E-state index in [2.05, 4.69) is 26.5 Å². The van der Waals surface area contributed by atoms with Gasteiger partial charge in [0.1, 0.15) is 18.1 Å². The Bertz CT molecular complexity index is 1570. The van der Waals surface area contributed by atoms with Gasteiger partial charge in [-0.25, -0.2) is 18.6 Å². The number of sulfonamides is 1. The molecule has 1 aromatic heterocycles. The molecule has 1 amide bonds. The molecule has 11 heteroatoms. The fraction of sp³-hybridized carbons (Fsp3) is 0.107. The minimum atomic E-state index is -4.02. The van der Waals surface area contributed by atoms with Gasteiger partial charge in [-0.1, -0.05) is 46.3 Å². The molecule has 0 bridgehead atoms. The Labute approximate surface area is 234 Å². The summed E-state index contributed by atoms with van der Waals surface area (Å²) in [6, 6.07) is 24.6. The van der Waals surface area contributed by atoms with Crippen LogP contribution in [0.5, 0.6) is 0 Å². The predicted octanol–water partition coefficient (Wildman–Crippen LogP) is 5.23. The summed E-state index contributed by atoms with van der Waals surface area (Å²) in [7, 11) is -4.02. The van der Waals surface area contributed by atoms with Crippen molar-refractivity contribution in [3.05, 3.63) is 107 Å². The lowest BCUT2D eigenvalue weighted by molar-refractivity contribution is -0.119. The van der Waals surface area contributed by atoms with Crippen molar-refractivity contribution in [2.75, 3.05) is 17.5 Å². The van der Waals surface area contributed by atoms with E-state index in [0.717, 1.165) is 14.3 Å². The molecule has 1 N–H and O–H groups in total. The number of nitrogens with zero attached hydrogens (tertiary/aromatic N) is 2. The second-order valence-corrected chi connectivity index (χ2v) is 10.9. The minimum Gasteiger partial charge on any atom is -0.462 e. The summed E-state index contributed by atoms with van der Waals surface area (Å²) in [5, 5.41) is 3.91. The first-order valence-electron chi connectivity index (χ1n) is 11.8. The predicted molar refractivity (Wildman–Crippen MR) is 151 cm³/mol. The molecule has 0 atom stereocenters. The van der Waals surface area contributed by atoms with E-state index in [0.29, 0.717) is 29.4 Å². The number of esters is 1. The highest BCUT2D eigenvalue weighted by atomic mass is 79.9. The van der Waals surface area contributed by atoms with E-state index in [9.17, 15) is 18.0 Å². The van der Waals surface area contributed by atoms with E-state index in [1.165, 1.54) is 18.3 Å². The molecule has 1 heterocycles. The van der Waals surface area contributed by atoms with Gasteiger partial charge in [0.05, 0.1) is 29.0 Å². The smallest absolute Gasteiger partial charge is 0.338 e. The van der Waals surface area contributed by atoms with Crippen molar-refractivity contribution in [1.82, 2.24) is 5.43 Å². The third kappa shape index (κ3) is 7.01. The fourth-order valence-electron chi connectivity index (χ4n) is 3.54. The largest absolute Gasteiger partial charge is 0.462 e. The molecule has 0 radical (unpaired) electrons. The summed E-state index contributed by atoms with van der Waals surface area (Å²) in [5.41, 5.74) is 3.85. The van der Waals surface area contributed by atoms with Crippen molar-refractivity contribution < 1.29 is 27.2 Å². The topological polar surface area (TPSA) is 118 Å². The molecule has 0 unspecified atom stereocenters. The molecular formula is C28H24BrN3O6S. The van der Waals surface area contributed by atoms with E-state index in [1.807, 2.05) is 0 Å². The molecule has 0 aliphatic heterocycles. The number of hydrogen-bond acceptors (Lipinski definition) is 7. The number of carbonyl (C=O) groups is 2. The first-order valence-corrected chi connectivity index (χ1v) is 14.0. The molecule has 39 heavy (non-hydrogen) atoms. The lowest BCUT2D eigenvalue weighted by Gasteiger charge is -2.23. The van der Waals surface area contributed by atoms with Crippen LogP contribution in [0.2, 0.25) is 0 Å². The lowest BCUT2D eigenvalue weighted by Crippen LogP contribution is -2.39. The summed E-state index contributed by atoms with van der Waals surface area (Å²) in [5.74, 6) is -0.146. The SMILES string of the molecule is CCOC(=O)c1ccc(-c2ccc(/C=N\NC(=O)CN(c3ccc(Br)cc3)S(=O)(=O)c3ccccc3)o2)cc1. The number of anilines is 1. The van der Waals surface area contributed by atoms with Crippen molar-refractivity contribution in [2.24, 2.45) is 5.10 Å². The number of hydrogen-bond donors (Lipinski definition) is 1. The quantitative estimate of drug-likeness (QED) is 0.149. The molecule has 9 nitrogen and oxygen atoms in total. The molecule has 0 aliphatic rings. The van der Waals surface area contributed by atoms with E-state index in [1.54, 1.807) is 85.8 Å². The van der Waals surface area contributed by atoms with Gasteiger partial charge in [-0.15, -0.1) is 0 Å². The average Bonchev–Trinajstić information content (AvgIpc) is 3.42. The molecule has 0 saturated carbocycles. The van der Waals surface area contributed by atoms with Gasteiger partial charge < -0.3 is 9.15 Å². The lowest BCUT2D eigenvalue weighted by atomic mass is 10.1. The molecule has 3 aromatic carbocycles. The Morgan fingerprint density at radius 3 is 2.33 bits per heavy atom. The average molecular weight is 610 g/mol. The van der Waals surface area contributed by atoms with Crippen LogP contribution in [0.1, 0.15) is 23.0 Å². The molecule has 0 aliphatic carbocycles. The van der Waals surface area contributed by atoms with Gasteiger partial charge in [0.15, 0.2) is 0 Å². The molecule has 200 valence electrons. The molecule has 4 aromatic rings. The first kappa shape index (κ1) is 27.8. The number of ether oxygens (including phenoxy) is 1. The third-order valence-electron chi connectivity index (χ3n) is 5.42. The summed E-state index contributed by atoms with van der Waals surface area (Å²) in [6.45, 7) is 1.54. The van der Waals surface area contributed by atoms with E-state index < -0.39 is 28.4 Å². The van der Waals surface area contributed by atoms with Crippen molar-refractivity contribution in [1.29, 1.82) is 0 Å². The van der Waals surface area contributed by atoms with E-state index >= 15 is 0 Å². The zero-order valence-electron chi connectivity index (χ0n) is 20.8. The number of benzene rings is 3.